The lowest BCUT2D eigenvalue weighted by atomic mass is 10.2. The van der Waals surface area contributed by atoms with E-state index in [1.165, 1.54) is 12.3 Å². The summed E-state index contributed by atoms with van der Waals surface area (Å²) < 4.78 is 5.53. The van der Waals surface area contributed by atoms with Gasteiger partial charge in [0.2, 0.25) is 0 Å². The molecule has 0 radical (unpaired) electrons. The largest absolute Gasteiger partial charge is 0.491 e. The van der Waals surface area contributed by atoms with E-state index >= 15 is 0 Å². The number of halogens is 2. The molecule has 0 bridgehead atoms. The number of benzene rings is 2. The molecule has 2 rings (SSSR count). The zero-order valence-corrected chi connectivity index (χ0v) is 15.6. The monoisotopic (exact) mass is 393 g/mol. The van der Waals surface area contributed by atoms with Crippen LogP contribution in [-0.4, -0.2) is 24.1 Å². The Bertz CT molecular complexity index is 821. The highest BCUT2D eigenvalue weighted by molar-refractivity contribution is 6.45. The van der Waals surface area contributed by atoms with Crippen LogP contribution in [0, 0.1) is 0 Å². The highest BCUT2D eigenvalue weighted by atomic mass is 35.5. The Kier molecular flexibility index (Phi) is 7.00. The number of nitrogens with zero attached hydrogens (tertiary/aromatic N) is 1. The lowest BCUT2D eigenvalue weighted by molar-refractivity contribution is -0.136. The van der Waals surface area contributed by atoms with Gasteiger partial charge in [-0.1, -0.05) is 29.3 Å². The van der Waals surface area contributed by atoms with Crippen LogP contribution >= 0.6 is 23.2 Å². The molecule has 0 aliphatic rings. The van der Waals surface area contributed by atoms with Gasteiger partial charge in [0.25, 0.3) is 0 Å². The molecule has 2 aromatic rings. The minimum atomic E-state index is -0.933. The van der Waals surface area contributed by atoms with Crippen LogP contribution < -0.4 is 15.5 Å². The quantitative estimate of drug-likeness (QED) is 0.459. The molecule has 0 aromatic heterocycles. The summed E-state index contributed by atoms with van der Waals surface area (Å²) in [6.45, 7) is 3.87. The molecule has 0 aliphatic heterocycles. The highest BCUT2D eigenvalue weighted by Crippen LogP contribution is 2.29. The SMILES string of the molecule is CC(C)Oc1ccc(/C=N\NC(=O)C(=O)Nc2cccc(Cl)c2Cl)cc1. The van der Waals surface area contributed by atoms with Gasteiger partial charge in [-0.25, -0.2) is 5.43 Å². The van der Waals surface area contributed by atoms with Gasteiger partial charge < -0.3 is 10.1 Å². The normalized spacial score (nSPS) is 10.8. The molecule has 8 heteroatoms. The molecular weight excluding hydrogens is 377 g/mol. The zero-order valence-electron chi connectivity index (χ0n) is 14.1. The van der Waals surface area contributed by atoms with Gasteiger partial charge in [-0.15, -0.1) is 0 Å². The molecule has 26 heavy (non-hydrogen) atoms. The Morgan fingerprint density at radius 1 is 1.08 bits per heavy atom. The van der Waals surface area contributed by atoms with Crippen molar-refractivity contribution < 1.29 is 14.3 Å². The number of hydrazone groups is 1. The van der Waals surface area contributed by atoms with Gasteiger partial charge in [-0.3, -0.25) is 9.59 Å². The van der Waals surface area contributed by atoms with E-state index < -0.39 is 11.8 Å². The van der Waals surface area contributed by atoms with E-state index in [0.717, 1.165) is 11.3 Å². The smallest absolute Gasteiger partial charge is 0.329 e. The minimum Gasteiger partial charge on any atom is -0.491 e. The van der Waals surface area contributed by atoms with Gasteiger partial charge in [0.15, 0.2) is 0 Å². The summed E-state index contributed by atoms with van der Waals surface area (Å²) in [6.07, 6.45) is 1.50. The predicted octanol–water partition coefficient (Wildman–Crippen LogP) is 3.87. The first kappa shape index (κ1) is 19.8. The highest BCUT2D eigenvalue weighted by Gasteiger charge is 2.15. The maximum atomic E-state index is 11.9. The first-order valence-corrected chi connectivity index (χ1v) is 8.47. The third kappa shape index (κ3) is 5.75. The van der Waals surface area contributed by atoms with Crippen molar-refractivity contribution in [3.63, 3.8) is 0 Å². The number of nitrogens with one attached hydrogen (secondary N) is 2. The Morgan fingerprint density at radius 3 is 2.42 bits per heavy atom. The van der Waals surface area contributed by atoms with Crippen LogP contribution in [0.5, 0.6) is 5.75 Å². The second-order valence-electron chi connectivity index (χ2n) is 5.49. The summed E-state index contributed by atoms with van der Waals surface area (Å²) in [4.78, 5) is 23.6. The van der Waals surface area contributed by atoms with Crippen molar-refractivity contribution in [2.24, 2.45) is 5.10 Å². The van der Waals surface area contributed by atoms with Crippen molar-refractivity contribution in [3.05, 3.63) is 58.1 Å². The first-order valence-electron chi connectivity index (χ1n) is 7.72. The number of carbonyl (C=O) groups is 2. The van der Waals surface area contributed by atoms with E-state index in [2.05, 4.69) is 15.8 Å². The summed E-state index contributed by atoms with van der Waals surface area (Å²) in [7, 11) is 0. The van der Waals surface area contributed by atoms with Crippen LogP contribution in [0.1, 0.15) is 19.4 Å². The number of ether oxygens (including phenoxy) is 1. The van der Waals surface area contributed by atoms with Crippen molar-refractivity contribution in [2.75, 3.05) is 5.32 Å². The molecule has 0 spiro atoms. The molecule has 0 saturated carbocycles. The molecule has 2 amide bonds. The predicted molar refractivity (Wildman–Crippen MR) is 103 cm³/mol. The maximum Gasteiger partial charge on any atom is 0.329 e. The molecule has 0 fully saturated rings. The molecule has 0 atom stereocenters. The number of hydrogen-bond donors (Lipinski definition) is 2. The van der Waals surface area contributed by atoms with Crippen LogP contribution in [0.3, 0.4) is 0 Å². The second-order valence-corrected chi connectivity index (χ2v) is 6.28. The summed E-state index contributed by atoms with van der Waals surface area (Å²) in [5.41, 5.74) is 3.12. The van der Waals surface area contributed by atoms with Gasteiger partial charge in [0.05, 0.1) is 28.1 Å². The minimum absolute atomic E-state index is 0.0836. The van der Waals surface area contributed by atoms with Crippen LogP contribution in [0.4, 0.5) is 5.69 Å². The molecule has 0 saturated heterocycles. The van der Waals surface area contributed by atoms with Crippen molar-refractivity contribution in [2.45, 2.75) is 20.0 Å². The van der Waals surface area contributed by atoms with Gasteiger partial charge in [0.1, 0.15) is 5.75 Å². The fourth-order valence-electron chi connectivity index (χ4n) is 1.90. The van der Waals surface area contributed by atoms with E-state index in [4.69, 9.17) is 27.9 Å². The number of amides is 2. The van der Waals surface area contributed by atoms with E-state index in [-0.39, 0.29) is 21.8 Å². The Hall–Kier alpha value is -2.57. The average molecular weight is 394 g/mol. The molecule has 2 aromatic carbocycles. The Morgan fingerprint density at radius 2 is 1.77 bits per heavy atom. The third-order valence-electron chi connectivity index (χ3n) is 3.04. The molecule has 0 heterocycles. The fourth-order valence-corrected chi connectivity index (χ4v) is 2.25. The average Bonchev–Trinajstić information content (AvgIpc) is 2.60. The van der Waals surface area contributed by atoms with Gasteiger partial charge in [0, 0.05) is 0 Å². The van der Waals surface area contributed by atoms with Crippen molar-refractivity contribution in [1.82, 2.24) is 5.43 Å². The maximum absolute atomic E-state index is 11.9. The molecular formula is C18H17Cl2N3O3. The number of rotatable bonds is 5. The first-order chi connectivity index (χ1) is 12.4. The lowest BCUT2D eigenvalue weighted by Crippen LogP contribution is -2.32. The third-order valence-corrected chi connectivity index (χ3v) is 3.86. The van der Waals surface area contributed by atoms with E-state index in [9.17, 15) is 9.59 Å². The Balaban J connectivity index is 1.90. The molecule has 136 valence electrons. The number of carbonyl (C=O) groups excluding carboxylic acids is 2. The zero-order chi connectivity index (χ0) is 19.1. The van der Waals surface area contributed by atoms with Gasteiger partial charge in [-0.2, -0.15) is 5.10 Å². The van der Waals surface area contributed by atoms with E-state index in [1.54, 1.807) is 36.4 Å². The topological polar surface area (TPSA) is 79.8 Å². The van der Waals surface area contributed by atoms with E-state index in [0.29, 0.717) is 0 Å². The number of anilines is 1. The molecule has 6 nitrogen and oxygen atoms in total. The Labute approximate surface area is 161 Å². The molecule has 0 aliphatic carbocycles. The van der Waals surface area contributed by atoms with Crippen LogP contribution in [-0.2, 0) is 9.59 Å². The van der Waals surface area contributed by atoms with Crippen LogP contribution in [0.25, 0.3) is 0 Å². The van der Waals surface area contributed by atoms with Gasteiger partial charge >= 0.3 is 11.8 Å². The fraction of sp³-hybridized carbons (Fsp3) is 0.167. The second kappa shape index (κ2) is 9.22. The van der Waals surface area contributed by atoms with E-state index in [1.807, 2.05) is 13.8 Å². The van der Waals surface area contributed by atoms with Crippen LogP contribution in [0.2, 0.25) is 10.0 Å². The molecule has 2 N–H and O–H groups in total. The van der Waals surface area contributed by atoms with Crippen molar-refractivity contribution in [3.8, 4) is 5.75 Å². The van der Waals surface area contributed by atoms with Crippen LogP contribution in [0.15, 0.2) is 47.6 Å². The number of hydrogen-bond acceptors (Lipinski definition) is 4. The summed E-state index contributed by atoms with van der Waals surface area (Å²) >= 11 is 11.8. The summed E-state index contributed by atoms with van der Waals surface area (Å²) in [5.74, 6) is -1.11. The summed E-state index contributed by atoms with van der Waals surface area (Å²) in [6, 6.07) is 11.8. The van der Waals surface area contributed by atoms with Crippen molar-refractivity contribution in [1.29, 1.82) is 0 Å². The molecule has 0 unspecified atom stereocenters. The lowest BCUT2D eigenvalue weighted by Gasteiger charge is -2.09. The van der Waals surface area contributed by atoms with Gasteiger partial charge in [-0.05, 0) is 55.8 Å². The standard InChI is InChI=1S/C18H17Cl2N3O3/c1-11(2)26-13-8-6-12(7-9-13)10-21-23-18(25)17(24)22-15-5-3-4-14(19)16(15)20/h3-11H,1-2H3,(H,22,24)(H,23,25)/b21-10-. The van der Waals surface area contributed by atoms with Crippen molar-refractivity contribution >= 4 is 46.9 Å². The summed E-state index contributed by atoms with van der Waals surface area (Å²) in [5, 5.41) is 6.54.